The third kappa shape index (κ3) is 4.44. The Bertz CT molecular complexity index is 1510. The number of carbonyl (C=O) groups excluding carboxylic acids is 1. The van der Waals surface area contributed by atoms with Crippen molar-refractivity contribution in [1.82, 2.24) is 9.97 Å². The lowest BCUT2D eigenvalue weighted by Gasteiger charge is -2.21. The number of hydrogen-bond acceptors (Lipinski definition) is 5. The number of hydrogen-bond donors (Lipinski definition) is 1. The Kier molecular flexibility index (Phi) is 6.80. The van der Waals surface area contributed by atoms with E-state index in [-0.39, 0.29) is 5.78 Å². The molecule has 0 spiro atoms. The number of ether oxygens (including phenoxy) is 1. The predicted molar refractivity (Wildman–Crippen MR) is 154 cm³/mol. The number of imidazole rings is 1. The summed E-state index contributed by atoms with van der Waals surface area (Å²) in [6, 6.07) is 11.6. The largest absolute Gasteiger partial charge is 0.496 e. The standard InChI is InChI=1S/C28H28Cl2N3O2S2/c1-15-22(14-36-37-24-8-7-16(29)11-19(24)30)33(10-9-23(15)35-6)26-31-20-12-17-18(13-21(20)32-26)28(4,5)25(34)27(17,2)3/h7-13H,14H2,1-6H3,(H,31,32)/q+1. The van der Waals surface area contributed by atoms with E-state index in [2.05, 4.69) is 28.6 Å². The fraction of sp³-hybridized carbons (Fsp3) is 0.321. The second-order valence-electron chi connectivity index (χ2n) is 10.3. The zero-order chi connectivity index (χ0) is 26.7. The monoisotopic (exact) mass is 572 g/mol. The van der Waals surface area contributed by atoms with Crippen LogP contribution in [0.3, 0.4) is 0 Å². The van der Waals surface area contributed by atoms with E-state index in [1.165, 1.54) is 0 Å². The number of rotatable bonds is 6. The minimum Gasteiger partial charge on any atom is -0.496 e. The number of aromatic nitrogens is 3. The lowest BCUT2D eigenvalue weighted by molar-refractivity contribution is -0.610. The maximum absolute atomic E-state index is 13.1. The maximum atomic E-state index is 13.1. The van der Waals surface area contributed by atoms with Crippen molar-refractivity contribution in [3.05, 3.63) is 75.0 Å². The van der Waals surface area contributed by atoms with Crippen LogP contribution in [0.1, 0.15) is 50.1 Å². The van der Waals surface area contributed by atoms with E-state index in [9.17, 15) is 4.79 Å². The van der Waals surface area contributed by atoms with Crippen LogP contribution in [0.15, 0.2) is 47.5 Å². The summed E-state index contributed by atoms with van der Waals surface area (Å²) >= 11 is 12.4. The van der Waals surface area contributed by atoms with Gasteiger partial charge in [0.25, 0.3) is 0 Å². The third-order valence-corrected chi connectivity index (χ3v) is 10.2. The van der Waals surface area contributed by atoms with E-state index in [4.69, 9.17) is 32.9 Å². The lowest BCUT2D eigenvalue weighted by atomic mass is 9.80. The van der Waals surface area contributed by atoms with Crippen molar-refractivity contribution in [2.24, 2.45) is 0 Å². The molecule has 1 aliphatic rings. The Balaban J connectivity index is 1.53. The fourth-order valence-electron chi connectivity index (χ4n) is 5.19. The summed E-state index contributed by atoms with van der Waals surface area (Å²) < 4.78 is 7.68. The molecule has 0 unspecified atom stereocenters. The van der Waals surface area contributed by atoms with Crippen LogP contribution in [-0.2, 0) is 21.4 Å². The van der Waals surface area contributed by atoms with E-state index >= 15 is 0 Å². The first-order valence-electron chi connectivity index (χ1n) is 11.9. The number of nitrogens with zero attached hydrogens (tertiary/aromatic N) is 2. The van der Waals surface area contributed by atoms with Gasteiger partial charge in [-0.15, -0.1) is 0 Å². The van der Waals surface area contributed by atoms with Crippen molar-refractivity contribution in [1.29, 1.82) is 0 Å². The molecule has 0 bridgehead atoms. The Hall–Kier alpha value is -2.19. The molecule has 4 aromatic rings. The first-order chi connectivity index (χ1) is 17.4. The number of H-pyrrole nitrogens is 1. The Morgan fingerprint density at radius 1 is 1.05 bits per heavy atom. The van der Waals surface area contributed by atoms with E-state index in [1.807, 2.05) is 52.1 Å². The quantitative estimate of drug-likeness (QED) is 0.191. The number of methoxy groups -OCH3 is 1. The van der Waals surface area contributed by atoms with Gasteiger partial charge in [-0.25, -0.2) is 9.55 Å². The molecule has 0 aliphatic heterocycles. The van der Waals surface area contributed by atoms with Gasteiger partial charge in [0, 0.05) is 32.4 Å². The SMILES string of the molecule is COc1cc[n+](-c2nc3cc4c(cc3[nH]2)C(C)(C)C(=O)C4(C)C)c(CSSc2ccc(Cl)cc2Cl)c1C. The van der Waals surface area contributed by atoms with Crippen LogP contribution in [0.4, 0.5) is 0 Å². The Morgan fingerprint density at radius 2 is 1.76 bits per heavy atom. The summed E-state index contributed by atoms with van der Waals surface area (Å²) in [4.78, 5) is 22.5. The molecular formula is C28H28Cl2N3O2S2+. The Morgan fingerprint density at radius 3 is 2.43 bits per heavy atom. The van der Waals surface area contributed by atoms with E-state index in [0.717, 1.165) is 50.0 Å². The number of benzene rings is 2. The van der Waals surface area contributed by atoms with Crippen molar-refractivity contribution in [3.63, 3.8) is 0 Å². The summed E-state index contributed by atoms with van der Waals surface area (Å²) in [6.07, 6.45) is 1.98. The smallest absolute Gasteiger partial charge is 0.402 e. The normalized spacial score (nSPS) is 15.8. The first-order valence-corrected chi connectivity index (χ1v) is 14.9. The average Bonchev–Trinajstić information content (AvgIpc) is 3.32. The molecule has 5 rings (SSSR count). The number of aromatic amines is 1. The molecule has 0 fully saturated rings. The fourth-order valence-corrected chi connectivity index (χ4v) is 8.09. The molecule has 192 valence electrons. The summed E-state index contributed by atoms with van der Waals surface area (Å²) in [6.45, 7) is 10.1. The minimum absolute atomic E-state index is 0.237. The van der Waals surface area contributed by atoms with Gasteiger partial charge >= 0.3 is 5.95 Å². The van der Waals surface area contributed by atoms with Gasteiger partial charge < -0.3 is 4.74 Å². The molecule has 2 aromatic carbocycles. The van der Waals surface area contributed by atoms with E-state index in [1.54, 1.807) is 34.8 Å². The molecule has 2 heterocycles. The molecule has 0 saturated heterocycles. The number of ketones is 1. The van der Waals surface area contributed by atoms with Gasteiger partial charge in [-0.05, 0) is 76.1 Å². The molecule has 0 radical (unpaired) electrons. The summed E-state index contributed by atoms with van der Waals surface area (Å²) in [7, 11) is 4.96. The van der Waals surface area contributed by atoms with Crippen LogP contribution >= 0.6 is 44.8 Å². The van der Waals surface area contributed by atoms with Gasteiger partial charge in [0.05, 0.1) is 24.1 Å². The number of halogens is 2. The topological polar surface area (TPSA) is 58.9 Å². The summed E-state index contributed by atoms with van der Waals surface area (Å²) in [5.74, 6) is 2.46. The highest BCUT2D eigenvalue weighted by molar-refractivity contribution is 8.76. The van der Waals surface area contributed by atoms with Crippen molar-refractivity contribution < 1.29 is 14.1 Å². The molecule has 0 saturated carbocycles. The number of fused-ring (bicyclic) bond motifs is 2. The highest BCUT2D eigenvalue weighted by Crippen LogP contribution is 2.47. The molecule has 0 atom stereocenters. The van der Waals surface area contributed by atoms with Gasteiger partial charge in [-0.2, -0.15) is 0 Å². The van der Waals surface area contributed by atoms with Crippen LogP contribution in [0.2, 0.25) is 10.0 Å². The second-order valence-corrected chi connectivity index (χ2v) is 13.5. The average molecular weight is 574 g/mol. The summed E-state index contributed by atoms with van der Waals surface area (Å²) in [5.41, 5.74) is 4.88. The molecule has 37 heavy (non-hydrogen) atoms. The van der Waals surface area contributed by atoms with Gasteiger partial charge in [-0.3, -0.25) is 4.79 Å². The molecule has 9 heteroatoms. The van der Waals surface area contributed by atoms with Crippen LogP contribution < -0.4 is 9.30 Å². The van der Waals surface area contributed by atoms with Crippen LogP contribution in [-0.4, -0.2) is 22.9 Å². The molecule has 2 aromatic heterocycles. The predicted octanol–water partition coefficient (Wildman–Crippen LogP) is 7.54. The number of nitrogens with one attached hydrogen (secondary N) is 1. The van der Waals surface area contributed by atoms with Crippen molar-refractivity contribution in [3.8, 4) is 11.7 Å². The van der Waals surface area contributed by atoms with Crippen molar-refractivity contribution in [2.75, 3.05) is 7.11 Å². The maximum Gasteiger partial charge on any atom is 0.402 e. The first kappa shape index (κ1) is 26.4. The summed E-state index contributed by atoms with van der Waals surface area (Å²) in [5, 5.41) is 1.25. The molecule has 0 amide bonds. The van der Waals surface area contributed by atoms with E-state index in [0.29, 0.717) is 15.8 Å². The highest BCUT2D eigenvalue weighted by atomic mass is 35.5. The van der Waals surface area contributed by atoms with Gasteiger partial charge in [-0.1, -0.05) is 49.8 Å². The van der Waals surface area contributed by atoms with E-state index < -0.39 is 10.8 Å². The molecule has 1 N–H and O–H groups in total. The lowest BCUT2D eigenvalue weighted by Crippen LogP contribution is -2.37. The van der Waals surface area contributed by atoms with Gasteiger partial charge in [0.15, 0.2) is 11.3 Å². The number of pyridine rings is 1. The van der Waals surface area contributed by atoms with Crippen molar-refractivity contribution >= 4 is 61.6 Å². The van der Waals surface area contributed by atoms with Gasteiger partial charge in [0.1, 0.15) is 17.0 Å². The number of Topliss-reactive ketones (excluding diaryl/α,β-unsaturated/α-hetero) is 1. The molecule has 1 aliphatic carbocycles. The van der Waals surface area contributed by atoms with Crippen LogP contribution in [0.25, 0.3) is 17.0 Å². The minimum atomic E-state index is -0.544. The molecule has 5 nitrogen and oxygen atoms in total. The van der Waals surface area contributed by atoms with Crippen LogP contribution in [0, 0.1) is 6.92 Å². The Labute approximate surface area is 234 Å². The van der Waals surface area contributed by atoms with Gasteiger partial charge in [0.2, 0.25) is 0 Å². The third-order valence-electron chi connectivity index (χ3n) is 7.25. The zero-order valence-corrected chi connectivity index (χ0v) is 24.7. The number of carbonyl (C=O) groups is 1. The highest BCUT2D eigenvalue weighted by Gasteiger charge is 2.50. The van der Waals surface area contributed by atoms with Crippen LogP contribution in [0.5, 0.6) is 5.75 Å². The molecular weight excluding hydrogens is 545 g/mol. The second kappa shape index (κ2) is 9.53. The zero-order valence-electron chi connectivity index (χ0n) is 21.5. The van der Waals surface area contributed by atoms with Crippen molar-refractivity contribution in [2.45, 2.75) is 56.1 Å².